The van der Waals surface area contributed by atoms with Crippen molar-refractivity contribution in [2.24, 2.45) is 0 Å². The SMILES string of the molecule is c1ccc(-c2cc(-c3ccccc3)cc(-c3cccc(-c4cc(-c5cccc(-n6c7ccccc7c7ccc(-c8ccc9oc%10ccccc%10c9c8)cc76)c5)nc(-n5c6ccccc6c6ccc(-c7ccc8oc9ccccc9c8c7)cc65)n4)c3)c2)cc1. The van der Waals surface area contributed by atoms with Gasteiger partial charge in [0.25, 0.3) is 0 Å². The lowest BCUT2D eigenvalue weighted by Gasteiger charge is -2.15. The molecule has 0 aliphatic carbocycles. The van der Waals surface area contributed by atoms with E-state index in [0.29, 0.717) is 5.95 Å². The van der Waals surface area contributed by atoms with E-state index < -0.39 is 0 Å². The van der Waals surface area contributed by atoms with Gasteiger partial charge in [0.05, 0.1) is 33.5 Å². The molecule has 0 saturated carbocycles. The highest BCUT2D eigenvalue weighted by Crippen LogP contribution is 2.42. The molecular weight excluding hydrogens is 1070 g/mol. The fourth-order valence-corrected chi connectivity index (χ4v) is 13.5. The minimum atomic E-state index is 0.573. The fraction of sp³-hybridized carbons (Fsp3) is 0. The molecule has 5 heterocycles. The molecule has 6 nitrogen and oxygen atoms in total. The third-order valence-corrected chi connectivity index (χ3v) is 17.7. The van der Waals surface area contributed by atoms with E-state index in [4.69, 9.17) is 18.8 Å². The van der Waals surface area contributed by atoms with Gasteiger partial charge in [-0.25, -0.2) is 9.97 Å². The summed E-state index contributed by atoms with van der Waals surface area (Å²) in [6.45, 7) is 0. The lowest BCUT2D eigenvalue weighted by atomic mass is 9.92. The summed E-state index contributed by atoms with van der Waals surface area (Å²) in [5.41, 5.74) is 23.6. The molecular formula is C82H50N4O2. The molecule has 0 radical (unpaired) electrons. The van der Waals surface area contributed by atoms with Gasteiger partial charge in [-0.05, 0) is 159 Å². The monoisotopic (exact) mass is 1120 g/mol. The van der Waals surface area contributed by atoms with Crippen LogP contribution in [0.25, 0.3) is 177 Å². The van der Waals surface area contributed by atoms with Crippen LogP contribution < -0.4 is 0 Å². The van der Waals surface area contributed by atoms with E-state index in [1.54, 1.807) is 0 Å². The van der Waals surface area contributed by atoms with Crippen LogP contribution in [0.15, 0.2) is 312 Å². The predicted octanol–water partition coefficient (Wildman–Crippen LogP) is 22.1. The summed E-state index contributed by atoms with van der Waals surface area (Å²) < 4.78 is 17.2. The molecule has 0 spiro atoms. The first-order valence-electron chi connectivity index (χ1n) is 29.8. The molecule has 0 fully saturated rings. The highest BCUT2D eigenvalue weighted by molar-refractivity contribution is 6.13. The maximum absolute atomic E-state index is 6.29. The fourth-order valence-electron chi connectivity index (χ4n) is 13.5. The van der Waals surface area contributed by atoms with E-state index in [1.165, 1.54) is 10.8 Å². The van der Waals surface area contributed by atoms with Gasteiger partial charge in [-0.1, -0.05) is 200 Å². The van der Waals surface area contributed by atoms with Crippen molar-refractivity contribution in [3.63, 3.8) is 0 Å². The topological polar surface area (TPSA) is 61.9 Å². The number of benzene rings is 13. The van der Waals surface area contributed by atoms with Gasteiger partial charge >= 0.3 is 0 Å². The van der Waals surface area contributed by atoms with Crippen LogP contribution in [0.2, 0.25) is 0 Å². The van der Waals surface area contributed by atoms with Gasteiger partial charge in [0.15, 0.2) is 0 Å². The van der Waals surface area contributed by atoms with Crippen molar-refractivity contribution in [2.45, 2.75) is 0 Å². The lowest BCUT2D eigenvalue weighted by Crippen LogP contribution is -2.04. The zero-order valence-electron chi connectivity index (χ0n) is 47.5. The average Bonchev–Trinajstić information content (AvgIpc) is 3.77. The van der Waals surface area contributed by atoms with Crippen molar-refractivity contribution < 1.29 is 8.83 Å². The van der Waals surface area contributed by atoms with Crippen LogP contribution in [0.5, 0.6) is 0 Å². The van der Waals surface area contributed by atoms with Crippen LogP contribution in [-0.2, 0) is 0 Å². The van der Waals surface area contributed by atoms with E-state index in [0.717, 1.165) is 161 Å². The zero-order chi connectivity index (χ0) is 57.8. The van der Waals surface area contributed by atoms with Crippen LogP contribution in [-0.4, -0.2) is 19.1 Å². The quantitative estimate of drug-likeness (QED) is 0.144. The Balaban J connectivity index is 0.831. The van der Waals surface area contributed by atoms with Gasteiger partial charge < -0.3 is 13.4 Å². The Labute approximate surface area is 505 Å². The molecule has 0 bridgehead atoms. The first kappa shape index (κ1) is 49.6. The van der Waals surface area contributed by atoms with E-state index in [-0.39, 0.29) is 0 Å². The smallest absolute Gasteiger partial charge is 0.235 e. The summed E-state index contributed by atoms with van der Waals surface area (Å²) in [5.74, 6) is 0.573. The van der Waals surface area contributed by atoms with Crippen molar-refractivity contribution in [1.29, 1.82) is 0 Å². The molecule has 0 atom stereocenters. The van der Waals surface area contributed by atoms with Gasteiger partial charge in [0.2, 0.25) is 5.95 Å². The summed E-state index contributed by atoms with van der Waals surface area (Å²) in [6.07, 6.45) is 0. The second kappa shape index (κ2) is 19.9. The molecule has 0 amide bonds. The maximum Gasteiger partial charge on any atom is 0.235 e. The number of aromatic nitrogens is 4. The Bertz CT molecular complexity index is 5770. The Morgan fingerprint density at radius 3 is 1.15 bits per heavy atom. The van der Waals surface area contributed by atoms with Crippen molar-refractivity contribution in [2.75, 3.05) is 0 Å². The molecule has 13 aromatic carbocycles. The van der Waals surface area contributed by atoms with Gasteiger partial charge in [0.1, 0.15) is 22.3 Å². The minimum Gasteiger partial charge on any atom is -0.456 e. The zero-order valence-corrected chi connectivity index (χ0v) is 47.5. The Hall–Kier alpha value is -11.9. The van der Waals surface area contributed by atoms with E-state index in [9.17, 15) is 0 Å². The number of nitrogens with zero attached hydrogens (tertiary/aromatic N) is 4. The molecule has 410 valence electrons. The van der Waals surface area contributed by atoms with Crippen molar-refractivity contribution in [3.05, 3.63) is 303 Å². The number of rotatable bonds is 9. The number of para-hydroxylation sites is 4. The second-order valence-electron chi connectivity index (χ2n) is 22.9. The van der Waals surface area contributed by atoms with Crippen molar-refractivity contribution in [1.82, 2.24) is 19.1 Å². The molecule has 0 unspecified atom stereocenters. The first-order chi connectivity index (χ1) is 43.6. The molecule has 0 N–H and O–H groups in total. The molecule has 0 aliphatic heterocycles. The van der Waals surface area contributed by atoms with Gasteiger partial charge in [0, 0.05) is 59.9 Å². The average molecular weight is 1120 g/mol. The largest absolute Gasteiger partial charge is 0.456 e. The summed E-state index contributed by atoms with van der Waals surface area (Å²) in [5, 5.41) is 9.01. The number of hydrogen-bond acceptors (Lipinski definition) is 4. The highest BCUT2D eigenvalue weighted by Gasteiger charge is 2.21. The normalized spacial score (nSPS) is 11.9. The van der Waals surface area contributed by atoms with Crippen molar-refractivity contribution in [3.8, 4) is 89.8 Å². The van der Waals surface area contributed by atoms with E-state index in [2.05, 4.69) is 288 Å². The third-order valence-electron chi connectivity index (χ3n) is 17.7. The van der Waals surface area contributed by atoms with Crippen LogP contribution in [0.4, 0.5) is 0 Å². The molecule has 0 saturated heterocycles. The Morgan fingerprint density at radius 1 is 0.205 bits per heavy atom. The second-order valence-corrected chi connectivity index (χ2v) is 22.9. The minimum absolute atomic E-state index is 0.573. The summed E-state index contributed by atoms with van der Waals surface area (Å²) in [4.78, 5) is 11.3. The van der Waals surface area contributed by atoms with Crippen LogP contribution in [0, 0.1) is 0 Å². The van der Waals surface area contributed by atoms with E-state index >= 15 is 0 Å². The van der Waals surface area contributed by atoms with Gasteiger partial charge in [-0.3, -0.25) is 4.57 Å². The Kier molecular flexibility index (Phi) is 11.2. The molecule has 0 aliphatic rings. The van der Waals surface area contributed by atoms with Crippen molar-refractivity contribution >= 4 is 87.5 Å². The predicted molar refractivity (Wildman–Crippen MR) is 363 cm³/mol. The number of fused-ring (bicyclic) bond motifs is 12. The number of hydrogen-bond donors (Lipinski definition) is 0. The molecule has 88 heavy (non-hydrogen) atoms. The first-order valence-corrected chi connectivity index (χ1v) is 29.8. The lowest BCUT2D eigenvalue weighted by molar-refractivity contribution is 0.668. The standard InChI is InChI=1S/C82H50N4O2/c1-3-17-51(18-4-1)60-42-61(52-19-5-2-6-20-52)44-62(43-60)53-21-15-22-58(41-53)72-50-73(84-82(83-72)86-75-30-12-8-26-65(75)67-38-34-57(49-77(67)86)55-36-40-81-71(47-55)69-28-10-14-32-79(69)88-81)59-23-16-24-63(45-59)85-74-29-11-7-25-64(74)66-37-33-56(48-76(66)85)54-35-39-80-70(46-54)68-27-9-13-31-78(68)87-80/h1-50H. The number of furan rings is 2. The summed E-state index contributed by atoms with van der Waals surface area (Å²) in [7, 11) is 0. The Morgan fingerprint density at radius 2 is 0.580 bits per heavy atom. The molecule has 5 aromatic heterocycles. The molecule has 6 heteroatoms. The highest BCUT2D eigenvalue weighted by atomic mass is 16.3. The third kappa shape index (κ3) is 8.18. The summed E-state index contributed by atoms with van der Waals surface area (Å²) >= 11 is 0. The van der Waals surface area contributed by atoms with Crippen LogP contribution >= 0.6 is 0 Å². The van der Waals surface area contributed by atoms with Crippen LogP contribution in [0.1, 0.15) is 0 Å². The molecule has 18 aromatic rings. The summed E-state index contributed by atoms with van der Waals surface area (Å²) in [6, 6.07) is 109. The van der Waals surface area contributed by atoms with Gasteiger partial charge in [-0.15, -0.1) is 0 Å². The molecule has 18 rings (SSSR count). The van der Waals surface area contributed by atoms with E-state index in [1.807, 2.05) is 24.3 Å². The maximum atomic E-state index is 6.29. The van der Waals surface area contributed by atoms with Crippen LogP contribution in [0.3, 0.4) is 0 Å². The van der Waals surface area contributed by atoms with Gasteiger partial charge in [-0.2, -0.15) is 0 Å².